The molecular formula is C20H22F12O4. The second-order valence-electron chi connectivity index (χ2n) is 7.21. The predicted octanol–water partition coefficient (Wildman–Crippen LogP) is 7.12. The molecule has 0 bridgehead atoms. The third-order valence-corrected chi connectivity index (χ3v) is 4.78. The Hall–Kier alpha value is -1.78. The second kappa shape index (κ2) is 10.9. The molecule has 0 saturated heterocycles. The Labute approximate surface area is 197 Å². The molecule has 210 valence electrons. The molecule has 2 unspecified atom stereocenters. The quantitative estimate of drug-likeness (QED) is 0.228. The van der Waals surface area contributed by atoms with Gasteiger partial charge < -0.3 is 18.9 Å². The molecule has 0 aliphatic heterocycles. The van der Waals surface area contributed by atoms with Crippen molar-refractivity contribution in [1.29, 1.82) is 0 Å². The highest BCUT2D eigenvalue weighted by Crippen LogP contribution is 2.56. The molecule has 2 atom stereocenters. The summed E-state index contributed by atoms with van der Waals surface area (Å²) in [5.74, 6) is 0. The van der Waals surface area contributed by atoms with Crippen molar-refractivity contribution in [2.75, 3.05) is 13.2 Å². The minimum Gasteiger partial charge on any atom is -0.353 e. The maximum absolute atomic E-state index is 13.8. The van der Waals surface area contributed by atoms with Crippen LogP contribution in [0, 0.1) is 0 Å². The van der Waals surface area contributed by atoms with Crippen LogP contribution >= 0.6 is 0 Å². The number of alkyl halides is 12. The van der Waals surface area contributed by atoms with Crippen molar-refractivity contribution in [3.8, 4) is 0 Å². The molecule has 0 amide bonds. The maximum Gasteiger partial charge on any atom is 0.430 e. The number of rotatable bonds is 10. The zero-order chi connectivity index (χ0) is 28.4. The van der Waals surface area contributed by atoms with Crippen molar-refractivity contribution in [1.82, 2.24) is 0 Å². The summed E-state index contributed by atoms with van der Waals surface area (Å²) in [5, 5.41) is 0. The van der Waals surface area contributed by atoms with Crippen molar-refractivity contribution in [2.24, 2.45) is 0 Å². The van der Waals surface area contributed by atoms with Gasteiger partial charge in [0.15, 0.2) is 12.6 Å². The van der Waals surface area contributed by atoms with E-state index < -0.39 is 59.6 Å². The van der Waals surface area contributed by atoms with Crippen molar-refractivity contribution in [2.45, 2.75) is 76.2 Å². The van der Waals surface area contributed by atoms with E-state index >= 15 is 0 Å². The number of benzene rings is 1. The molecule has 0 N–H and O–H groups in total. The van der Waals surface area contributed by atoms with Gasteiger partial charge in [0.25, 0.3) is 11.2 Å². The molecule has 0 fully saturated rings. The van der Waals surface area contributed by atoms with Gasteiger partial charge in [0.05, 0.1) is 0 Å². The van der Waals surface area contributed by atoms with Gasteiger partial charge in [0.1, 0.15) is 0 Å². The van der Waals surface area contributed by atoms with Crippen LogP contribution in [0.1, 0.15) is 38.8 Å². The van der Waals surface area contributed by atoms with Gasteiger partial charge in [0, 0.05) is 24.3 Å². The number of hydrogen-bond acceptors (Lipinski definition) is 4. The van der Waals surface area contributed by atoms with Crippen molar-refractivity contribution in [3.05, 3.63) is 35.4 Å². The van der Waals surface area contributed by atoms with E-state index in [2.05, 4.69) is 18.9 Å². The minimum atomic E-state index is -6.26. The van der Waals surface area contributed by atoms with E-state index in [4.69, 9.17) is 0 Å². The summed E-state index contributed by atoms with van der Waals surface area (Å²) in [7, 11) is 0. The highest BCUT2D eigenvalue weighted by atomic mass is 19.4. The molecule has 0 aliphatic carbocycles. The highest BCUT2D eigenvalue weighted by molar-refractivity contribution is 5.35. The van der Waals surface area contributed by atoms with Crippen LogP contribution in [0.15, 0.2) is 24.3 Å². The van der Waals surface area contributed by atoms with E-state index in [1.54, 1.807) is 0 Å². The molecule has 36 heavy (non-hydrogen) atoms. The summed E-state index contributed by atoms with van der Waals surface area (Å²) in [6, 6.07) is -0.794. The van der Waals surface area contributed by atoms with E-state index in [0.717, 1.165) is 0 Å². The summed E-state index contributed by atoms with van der Waals surface area (Å²) in [4.78, 5) is 0. The van der Waals surface area contributed by atoms with E-state index in [1.165, 1.54) is 13.8 Å². The molecule has 1 aromatic rings. The first-order valence-corrected chi connectivity index (χ1v) is 10.1. The van der Waals surface area contributed by atoms with E-state index in [0.29, 0.717) is 13.8 Å². The molecule has 0 aromatic heterocycles. The minimum absolute atomic E-state index is 0.198. The van der Waals surface area contributed by atoms with E-state index in [9.17, 15) is 52.7 Å². The first-order chi connectivity index (χ1) is 16.1. The van der Waals surface area contributed by atoms with Gasteiger partial charge in [-0.2, -0.15) is 52.7 Å². The first-order valence-electron chi connectivity index (χ1n) is 10.1. The molecule has 1 aromatic carbocycles. The van der Waals surface area contributed by atoms with Crippen LogP contribution in [0.25, 0.3) is 0 Å². The monoisotopic (exact) mass is 554 g/mol. The molecule has 0 heterocycles. The van der Waals surface area contributed by atoms with E-state index in [-0.39, 0.29) is 37.5 Å². The van der Waals surface area contributed by atoms with Crippen LogP contribution < -0.4 is 0 Å². The second-order valence-corrected chi connectivity index (χ2v) is 7.21. The Morgan fingerprint density at radius 3 is 0.917 bits per heavy atom. The summed E-state index contributed by atoms with van der Waals surface area (Å²) < 4.78 is 183. The average Bonchev–Trinajstić information content (AvgIpc) is 2.67. The lowest BCUT2D eigenvalue weighted by molar-refractivity contribution is -0.416. The number of hydrogen-bond donors (Lipinski definition) is 0. The SMILES string of the molecule is CCOC(C)OC(c1ccc(C(OC(C)OCC)(C(F)(F)F)C(F)(F)F)cc1)(C(F)(F)F)C(F)(F)F. The van der Waals surface area contributed by atoms with Gasteiger partial charge in [-0.25, -0.2) is 0 Å². The van der Waals surface area contributed by atoms with Gasteiger partial charge >= 0.3 is 24.7 Å². The third-order valence-electron chi connectivity index (χ3n) is 4.78. The average molecular weight is 554 g/mol. The largest absolute Gasteiger partial charge is 0.430 e. The molecule has 0 spiro atoms. The molecule has 16 heteroatoms. The summed E-state index contributed by atoms with van der Waals surface area (Å²) in [6.07, 6.45) is -29.3. The van der Waals surface area contributed by atoms with Crippen LogP contribution in [0.3, 0.4) is 0 Å². The topological polar surface area (TPSA) is 36.9 Å². The Bertz CT molecular complexity index is 731. The first kappa shape index (κ1) is 32.2. The van der Waals surface area contributed by atoms with Crippen molar-refractivity contribution < 1.29 is 71.6 Å². The molecular weight excluding hydrogens is 532 g/mol. The molecule has 4 nitrogen and oxygen atoms in total. The third kappa shape index (κ3) is 6.02. The van der Waals surface area contributed by atoms with Crippen LogP contribution in [-0.4, -0.2) is 50.5 Å². The smallest absolute Gasteiger partial charge is 0.353 e. The van der Waals surface area contributed by atoms with Gasteiger partial charge in [0.2, 0.25) is 0 Å². The van der Waals surface area contributed by atoms with Crippen LogP contribution in [0.5, 0.6) is 0 Å². The molecule has 0 aliphatic rings. The zero-order valence-corrected chi connectivity index (χ0v) is 19.0. The lowest BCUT2D eigenvalue weighted by Gasteiger charge is -2.40. The van der Waals surface area contributed by atoms with E-state index in [1.807, 2.05) is 0 Å². The molecule has 1 rings (SSSR count). The van der Waals surface area contributed by atoms with Gasteiger partial charge in [-0.1, -0.05) is 24.3 Å². The Morgan fingerprint density at radius 2 is 0.750 bits per heavy atom. The standard InChI is InChI=1S/C20H22F12O4/c1-5-33-11(3)35-15(17(21,22)23,18(24,25)26)13-7-9-14(10-8-13)16(19(27,28)29,20(30,31)32)36-12(4)34-6-2/h7-12H,5-6H2,1-4H3. The van der Waals surface area contributed by atoms with Gasteiger partial charge in [-0.15, -0.1) is 0 Å². The number of halogens is 12. The normalized spacial score (nSPS) is 16.2. The number of ether oxygens (including phenoxy) is 4. The van der Waals surface area contributed by atoms with Gasteiger partial charge in [-0.3, -0.25) is 0 Å². The van der Waals surface area contributed by atoms with Crippen LogP contribution in [0.2, 0.25) is 0 Å². The maximum atomic E-state index is 13.8. The predicted molar refractivity (Wildman–Crippen MR) is 98.4 cm³/mol. The molecule has 0 radical (unpaired) electrons. The van der Waals surface area contributed by atoms with Crippen LogP contribution in [-0.2, 0) is 30.1 Å². The Balaban J connectivity index is 3.88. The fourth-order valence-electron chi connectivity index (χ4n) is 3.35. The summed E-state index contributed by atoms with van der Waals surface area (Å²) >= 11 is 0. The van der Waals surface area contributed by atoms with Crippen molar-refractivity contribution in [3.63, 3.8) is 0 Å². The highest BCUT2D eigenvalue weighted by Gasteiger charge is 2.76. The molecule has 0 saturated carbocycles. The van der Waals surface area contributed by atoms with Crippen LogP contribution in [0.4, 0.5) is 52.7 Å². The Morgan fingerprint density at radius 1 is 0.528 bits per heavy atom. The summed E-state index contributed by atoms with van der Waals surface area (Å²) in [6.45, 7) is 3.11. The van der Waals surface area contributed by atoms with Crippen molar-refractivity contribution >= 4 is 0 Å². The van der Waals surface area contributed by atoms with Gasteiger partial charge in [-0.05, 0) is 27.7 Å². The lowest BCUT2D eigenvalue weighted by Crippen LogP contribution is -2.58. The lowest BCUT2D eigenvalue weighted by atomic mass is 9.86. The Kier molecular flexibility index (Phi) is 9.77. The summed E-state index contributed by atoms with van der Waals surface area (Å²) in [5.41, 5.74) is -14.0. The fraction of sp³-hybridized carbons (Fsp3) is 0.700. The fourth-order valence-corrected chi connectivity index (χ4v) is 3.35. The zero-order valence-electron chi connectivity index (χ0n) is 19.0.